The van der Waals surface area contributed by atoms with Gasteiger partial charge >= 0.3 is 12.1 Å². The molecule has 2 N–H and O–H groups in total. The van der Waals surface area contributed by atoms with Gasteiger partial charge < -0.3 is 10.4 Å². The number of aromatic nitrogens is 2. The van der Waals surface area contributed by atoms with Gasteiger partial charge in [-0.15, -0.1) is 0 Å². The molecule has 0 bridgehead atoms. The molecule has 0 atom stereocenters. The zero-order chi connectivity index (χ0) is 14.8. The Morgan fingerprint density at radius 1 is 1.40 bits per heavy atom. The van der Waals surface area contributed by atoms with Gasteiger partial charge in [-0.1, -0.05) is 6.07 Å². The van der Waals surface area contributed by atoms with Crippen LogP contribution in [0.4, 0.5) is 13.2 Å². The third kappa shape index (κ3) is 3.08. The molecule has 1 aromatic heterocycles. The molecule has 1 amide bonds. The number of halogens is 3. The fraction of sp³-hybridized carbons (Fsp3) is 0.167. The summed E-state index contributed by atoms with van der Waals surface area (Å²) in [5.74, 6) is -2.17. The van der Waals surface area contributed by atoms with E-state index in [0.29, 0.717) is 11.3 Å². The first-order valence-corrected chi connectivity index (χ1v) is 5.55. The van der Waals surface area contributed by atoms with Crippen molar-refractivity contribution in [1.29, 1.82) is 0 Å². The molecule has 1 aromatic carbocycles. The average molecular weight is 285 g/mol. The van der Waals surface area contributed by atoms with E-state index in [-0.39, 0.29) is 12.3 Å². The summed E-state index contributed by atoms with van der Waals surface area (Å²) in [6.07, 6.45) is -1.78. The molecule has 20 heavy (non-hydrogen) atoms. The summed E-state index contributed by atoms with van der Waals surface area (Å²) < 4.78 is 37.4. The molecule has 0 aliphatic rings. The summed E-state index contributed by atoms with van der Waals surface area (Å²) in [5.41, 5.74) is 0.733. The van der Waals surface area contributed by atoms with Crippen LogP contribution in [0, 0.1) is 0 Å². The van der Waals surface area contributed by atoms with Crippen LogP contribution < -0.4 is 5.32 Å². The second-order valence-electron chi connectivity index (χ2n) is 3.95. The van der Waals surface area contributed by atoms with E-state index in [1.165, 1.54) is 29.1 Å². The first-order valence-electron chi connectivity index (χ1n) is 5.55. The molecule has 5 nitrogen and oxygen atoms in total. The van der Waals surface area contributed by atoms with E-state index < -0.39 is 12.1 Å². The Balaban J connectivity index is 2.09. The second kappa shape index (κ2) is 5.24. The summed E-state index contributed by atoms with van der Waals surface area (Å²) in [4.78, 5) is 10.7. The lowest BCUT2D eigenvalue weighted by atomic mass is 10.2. The van der Waals surface area contributed by atoms with Gasteiger partial charge in [-0.2, -0.15) is 18.3 Å². The van der Waals surface area contributed by atoms with Gasteiger partial charge in [-0.05, 0) is 23.8 Å². The Morgan fingerprint density at radius 2 is 2.15 bits per heavy atom. The van der Waals surface area contributed by atoms with Crippen LogP contribution >= 0.6 is 0 Å². The van der Waals surface area contributed by atoms with Crippen molar-refractivity contribution in [2.45, 2.75) is 12.7 Å². The third-order valence-electron chi connectivity index (χ3n) is 2.50. The van der Waals surface area contributed by atoms with Crippen molar-refractivity contribution in [3.8, 4) is 11.4 Å². The summed E-state index contributed by atoms with van der Waals surface area (Å²) in [5, 5.41) is 15.4. The van der Waals surface area contributed by atoms with E-state index in [2.05, 4.69) is 5.10 Å². The van der Waals surface area contributed by atoms with Crippen LogP contribution in [0.5, 0.6) is 5.75 Å². The molecule has 0 saturated heterocycles. The number of aromatic hydroxyl groups is 1. The van der Waals surface area contributed by atoms with Crippen LogP contribution in [0.25, 0.3) is 5.69 Å². The van der Waals surface area contributed by atoms with E-state index in [1.807, 2.05) is 0 Å². The van der Waals surface area contributed by atoms with Crippen LogP contribution in [-0.2, 0) is 11.3 Å². The number of nitrogens with one attached hydrogen (secondary N) is 1. The Hall–Kier alpha value is -2.51. The molecule has 2 rings (SSSR count). The van der Waals surface area contributed by atoms with E-state index in [4.69, 9.17) is 0 Å². The van der Waals surface area contributed by atoms with Crippen LogP contribution in [0.2, 0.25) is 0 Å². The normalized spacial score (nSPS) is 11.3. The van der Waals surface area contributed by atoms with Gasteiger partial charge in [-0.25, -0.2) is 4.68 Å². The van der Waals surface area contributed by atoms with Gasteiger partial charge in [-0.3, -0.25) is 4.79 Å². The molecular weight excluding hydrogens is 275 g/mol. The Morgan fingerprint density at radius 3 is 2.70 bits per heavy atom. The molecular formula is C12H10F3N3O2. The zero-order valence-corrected chi connectivity index (χ0v) is 10.1. The number of phenols is 1. The fourth-order valence-electron chi connectivity index (χ4n) is 1.57. The molecule has 2 aromatic rings. The summed E-state index contributed by atoms with van der Waals surface area (Å²) >= 11 is 0. The lowest BCUT2D eigenvalue weighted by Gasteiger charge is -2.10. The number of benzene rings is 1. The number of alkyl halides is 3. The molecule has 0 unspecified atom stereocenters. The maximum Gasteiger partial charge on any atom is 0.471 e. The predicted molar refractivity (Wildman–Crippen MR) is 63.1 cm³/mol. The first kappa shape index (κ1) is 13.9. The monoisotopic (exact) mass is 285 g/mol. The number of carbonyl (C=O) groups is 1. The number of nitrogens with zero attached hydrogens (tertiary/aromatic N) is 2. The van der Waals surface area contributed by atoms with Crippen molar-refractivity contribution >= 4 is 5.91 Å². The zero-order valence-electron chi connectivity index (χ0n) is 10.1. The molecule has 0 aliphatic heterocycles. The molecule has 8 heteroatoms. The van der Waals surface area contributed by atoms with Crippen molar-refractivity contribution in [3.05, 3.63) is 42.2 Å². The van der Waals surface area contributed by atoms with Crippen molar-refractivity contribution in [2.75, 3.05) is 0 Å². The first-order chi connectivity index (χ1) is 9.38. The third-order valence-corrected chi connectivity index (χ3v) is 2.50. The Labute approximate surface area is 111 Å². The second-order valence-corrected chi connectivity index (χ2v) is 3.95. The average Bonchev–Trinajstić information content (AvgIpc) is 2.88. The van der Waals surface area contributed by atoms with Crippen molar-refractivity contribution in [2.24, 2.45) is 0 Å². The van der Waals surface area contributed by atoms with Gasteiger partial charge in [0.15, 0.2) is 0 Å². The smallest absolute Gasteiger partial charge is 0.471 e. The molecule has 0 spiro atoms. The van der Waals surface area contributed by atoms with E-state index in [9.17, 15) is 23.1 Å². The molecule has 106 valence electrons. The Kier molecular flexibility index (Phi) is 3.64. The standard InChI is InChI=1S/C12H10F3N3O2/c13-12(14,15)11(20)16-7-8-2-3-9(10(19)6-8)18-5-1-4-17-18/h1-6,19H,7H2,(H,16,20). The molecule has 1 heterocycles. The van der Waals surface area contributed by atoms with E-state index >= 15 is 0 Å². The lowest BCUT2D eigenvalue weighted by molar-refractivity contribution is -0.173. The van der Waals surface area contributed by atoms with Crippen molar-refractivity contribution in [1.82, 2.24) is 15.1 Å². The van der Waals surface area contributed by atoms with Crippen LogP contribution in [0.3, 0.4) is 0 Å². The highest BCUT2D eigenvalue weighted by Gasteiger charge is 2.38. The van der Waals surface area contributed by atoms with Crippen LogP contribution in [0.15, 0.2) is 36.7 Å². The van der Waals surface area contributed by atoms with E-state index in [1.54, 1.807) is 17.6 Å². The number of phenolic OH excluding ortho intramolecular Hbond substituents is 1. The maximum atomic E-state index is 12.0. The quantitative estimate of drug-likeness (QED) is 0.903. The number of hydrogen-bond donors (Lipinski definition) is 2. The van der Waals surface area contributed by atoms with Crippen molar-refractivity contribution in [3.63, 3.8) is 0 Å². The maximum absolute atomic E-state index is 12.0. The number of hydrogen-bond acceptors (Lipinski definition) is 3. The Bertz CT molecular complexity index is 609. The molecule has 0 saturated carbocycles. The number of amides is 1. The lowest BCUT2D eigenvalue weighted by Crippen LogP contribution is -2.36. The topological polar surface area (TPSA) is 67.2 Å². The van der Waals surface area contributed by atoms with Gasteiger partial charge in [0.25, 0.3) is 0 Å². The minimum atomic E-state index is -4.92. The number of carbonyl (C=O) groups excluding carboxylic acids is 1. The summed E-state index contributed by atoms with van der Waals surface area (Å²) in [6, 6.07) is 5.93. The molecule has 0 radical (unpaired) electrons. The van der Waals surface area contributed by atoms with E-state index in [0.717, 1.165) is 0 Å². The minimum Gasteiger partial charge on any atom is -0.506 e. The molecule has 0 aliphatic carbocycles. The fourth-order valence-corrected chi connectivity index (χ4v) is 1.57. The van der Waals surface area contributed by atoms with Gasteiger partial charge in [0.1, 0.15) is 11.4 Å². The highest BCUT2D eigenvalue weighted by molar-refractivity contribution is 5.81. The SMILES string of the molecule is O=C(NCc1ccc(-n2cccn2)c(O)c1)C(F)(F)F. The summed E-state index contributed by atoms with van der Waals surface area (Å²) in [7, 11) is 0. The number of rotatable bonds is 3. The highest BCUT2D eigenvalue weighted by atomic mass is 19.4. The highest BCUT2D eigenvalue weighted by Crippen LogP contribution is 2.22. The van der Waals surface area contributed by atoms with Gasteiger partial charge in [0.05, 0.1) is 0 Å². The summed E-state index contributed by atoms with van der Waals surface area (Å²) in [6.45, 7) is -0.328. The van der Waals surface area contributed by atoms with Crippen molar-refractivity contribution < 1.29 is 23.1 Å². The van der Waals surface area contributed by atoms with Crippen LogP contribution in [0.1, 0.15) is 5.56 Å². The largest absolute Gasteiger partial charge is 0.506 e. The van der Waals surface area contributed by atoms with Gasteiger partial charge in [0, 0.05) is 18.9 Å². The predicted octanol–water partition coefficient (Wildman–Crippen LogP) is 1.76. The van der Waals surface area contributed by atoms with Crippen LogP contribution in [-0.4, -0.2) is 27.0 Å². The minimum absolute atomic E-state index is 0.146. The van der Waals surface area contributed by atoms with Gasteiger partial charge in [0.2, 0.25) is 0 Å². The molecule has 0 fully saturated rings.